The molecule has 0 unspecified atom stereocenters. The van der Waals surface area contributed by atoms with Crippen molar-refractivity contribution < 1.29 is 5.11 Å². The lowest BCUT2D eigenvalue weighted by molar-refractivity contribution is 0.288. The van der Waals surface area contributed by atoms with Gasteiger partial charge < -0.3 is 5.11 Å². The first-order valence-electron chi connectivity index (χ1n) is 4.79. The molecule has 1 N–H and O–H groups in total. The molecule has 1 rings (SSSR count). The Morgan fingerprint density at radius 2 is 1.93 bits per heavy atom. The molecule has 0 radical (unpaired) electrons. The van der Waals surface area contributed by atoms with Crippen LogP contribution in [-0.2, 0) is 6.42 Å². The third-order valence-corrected chi connectivity index (χ3v) is 2.38. The number of halogens is 1. The van der Waals surface area contributed by atoms with Crippen molar-refractivity contribution in [2.75, 3.05) is 11.9 Å². The third-order valence-electron chi connectivity index (χ3n) is 2.00. The van der Waals surface area contributed by atoms with Crippen LogP contribution < -0.4 is 0 Å². The van der Waals surface area contributed by atoms with E-state index in [2.05, 4.69) is 52.3 Å². The van der Waals surface area contributed by atoms with Crippen LogP contribution >= 0.6 is 15.9 Å². The molecule has 1 aromatic rings. The second-order valence-electron chi connectivity index (χ2n) is 3.13. The molecule has 0 amide bonds. The van der Waals surface area contributed by atoms with Crippen LogP contribution in [-0.4, -0.2) is 17.0 Å². The second kappa shape index (κ2) is 6.80. The lowest BCUT2D eigenvalue weighted by Gasteiger charge is -1.99. The summed E-state index contributed by atoms with van der Waals surface area (Å²) in [6.45, 7) is 0.269. The predicted octanol–water partition coefficient (Wildman–Crippen LogP) is 3.02. The minimum atomic E-state index is 0.269. The molecule has 0 aliphatic rings. The Morgan fingerprint density at radius 1 is 1.21 bits per heavy atom. The van der Waals surface area contributed by atoms with Crippen molar-refractivity contribution in [3.05, 3.63) is 41.5 Å². The molecular formula is C12H15BrO. The van der Waals surface area contributed by atoms with Gasteiger partial charge in [-0.1, -0.05) is 52.3 Å². The van der Waals surface area contributed by atoms with Crippen LogP contribution in [0, 0.1) is 0 Å². The highest BCUT2D eigenvalue weighted by molar-refractivity contribution is 9.09. The summed E-state index contributed by atoms with van der Waals surface area (Å²) in [5.41, 5.74) is 2.51. The summed E-state index contributed by atoms with van der Waals surface area (Å²) < 4.78 is 0. The molecule has 14 heavy (non-hydrogen) atoms. The molecule has 76 valence electrons. The minimum absolute atomic E-state index is 0.269. The van der Waals surface area contributed by atoms with Gasteiger partial charge in [0, 0.05) is 11.9 Å². The SMILES string of the molecule is OCCCc1ccc(C=CCBr)cc1. The quantitative estimate of drug-likeness (QED) is 0.802. The van der Waals surface area contributed by atoms with Gasteiger partial charge in [0.2, 0.25) is 0 Å². The summed E-state index contributed by atoms with van der Waals surface area (Å²) in [5, 5.41) is 9.57. The number of rotatable bonds is 5. The molecule has 0 fully saturated rings. The monoisotopic (exact) mass is 254 g/mol. The molecule has 1 aromatic carbocycles. The number of hydrogen-bond acceptors (Lipinski definition) is 1. The van der Waals surface area contributed by atoms with E-state index in [0.29, 0.717) is 0 Å². The molecule has 0 bridgehead atoms. The molecule has 0 saturated carbocycles. The largest absolute Gasteiger partial charge is 0.396 e. The Morgan fingerprint density at radius 3 is 2.50 bits per heavy atom. The highest BCUT2D eigenvalue weighted by atomic mass is 79.9. The summed E-state index contributed by atoms with van der Waals surface area (Å²) in [6, 6.07) is 8.44. The van der Waals surface area contributed by atoms with E-state index in [1.54, 1.807) is 0 Å². The second-order valence-corrected chi connectivity index (χ2v) is 3.77. The zero-order valence-electron chi connectivity index (χ0n) is 8.12. The fourth-order valence-electron chi connectivity index (χ4n) is 1.26. The number of aliphatic hydroxyl groups is 1. The van der Waals surface area contributed by atoms with Gasteiger partial charge in [-0.05, 0) is 24.0 Å². The molecular weight excluding hydrogens is 240 g/mol. The van der Waals surface area contributed by atoms with E-state index in [1.807, 2.05) is 0 Å². The highest BCUT2D eigenvalue weighted by Crippen LogP contribution is 2.08. The Bertz CT molecular complexity index is 277. The first-order chi connectivity index (χ1) is 6.86. The molecule has 0 spiro atoms. The maximum absolute atomic E-state index is 8.68. The van der Waals surface area contributed by atoms with E-state index >= 15 is 0 Å². The average molecular weight is 255 g/mol. The fourth-order valence-corrected chi connectivity index (χ4v) is 1.45. The van der Waals surface area contributed by atoms with E-state index in [9.17, 15) is 0 Å². The van der Waals surface area contributed by atoms with Crippen molar-refractivity contribution in [1.82, 2.24) is 0 Å². The number of hydrogen-bond donors (Lipinski definition) is 1. The van der Waals surface area contributed by atoms with Crippen LogP contribution in [0.25, 0.3) is 6.08 Å². The van der Waals surface area contributed by atoms with Crippen LogP contribution in [0.15, 0.2) is 30.3 Å². The predicted molar refractivity (Wildman–Crippen MR) is 64.7 cm³/mol. The minimum Gasteiger partial charge on any atom is -0.396 e. The average Bonchev–Trinajstić information content (AvgIpc) is 2.25. The van der Waals surface area contributed by atoms with Gasteiger partial charge in [0.05, 0.1) is 0 Å². The highest BCUT2D eigenvalue weighted by Gasteiger charge is 1.92. The molecule has 0 saturated heterocycles. The van der Waals surface area contributed by atoms with E-state index in [1.165, 1.54) is 11.1 Å². The fraction of sp³-hybridized carbons (Fsp3) is 0.333. The normalized spacial score (nSPS) is 11.0. The maximum Gasteiger partial charge on any atom is 0.0434 e. The van der Waals surface area contributed by atoms with Crippen molar-refractivity contribution in [3.63, 3.8) is 0 Å². The van der Waals surface area contributed by atoms with Crippen molar-refractivity contribution in [2.45, 2.75) is 12.8 Å². The zero-order chi connectivity index (χ0) is 10.2. The van der Waals surface area contributed by atoms with Crippen molar-refractivity contribution >= 4 is 22.0 Å². The molecule has 0 heterocycles. The molecule has 1 nitrogen and oxygen atoms in total. The standard InChI is InChI=1S/C12H15BrO/c13-9-1-3-11-5-7-12(8-6-11)4-2-10-14/h1,3,5-8,14H,2,4,9-10H2. The number of aliphatic hydroxyl groups excluding tert-OH is 1. The number of aryl methyl sites for hydroxylation is 1. The lowest BCUT2D eigenvalue weighted by Crippen LogP contribution is -1.88. The van der Waals surface area contributed by atoms with Crippen LogP contribution in [0.5, 0.6) is 0 Å². The summed E-state index contributed by atoms with van der Waals surface area (Å²) in [5.74, 6) is 0. The van der Waals surface area contributed by atoms with E-state index in [-0.39, 0.29) is 6.61 Å². The van der Waals surface area contributed by atoms with Gasteiger partial charge in [-0.25, -0.2) is 0 Å². The molecule has 0 aliphatic carbocycles. The Kier molecular flexibility index (Phi) is 5.57. The maximum atomic E-state index is 8.68. The first kappa shape index (κ1) is 11.5. The van der Waals surface area contributed by atoms with Crippen LogP contribution in [0.4, 0.5) is 0 Å². The van der Waals surface area contributed by atoms with E-state index in [4.69, 9.17) is 5.11 Å². The van der Waals surface area contributed by atoms with E-state index < -0.39 is 0 Å². The van der Waals surface area contributed by atoms with Crippen LogP contribution in [0.3, 0.4) is 0 Å². The van der Waals surface area contributed by atoms with Crippen LogP contribution in [0.1, 0.15) is 17.5 Å². The smallest absolute Gasteiger partial charge is 0.0434 e. The molecule has 2 heteroatoms. The van der Waals surface area contributed by atoms with Gasteiger partial charge in [-0.15, -0.1) is 0 Å². The summed E-state index contributed by atoms with van der Waals surface area (Å²) in [6.07, 6.45) is 5.96. The van der Waals surface area contributed by atoms with Crippen molar-refractivity contribution in [1.29, 1.82) is 0 Å². The molecule has 0 aliphatic heterocycles. The number of benzene rings is 1. The van der Waals surface area contributed by atoms with Gasteiger partial charge >= 0.3 is 0 Å². The van der Waals surface area contributed by atoms with Gasteiger partial charge in [0.15, 0.2) is 0 Å². The summed E-state index contributed by atoms with van der Waals surface area (Å²) in [7, 11) is 0. The summed E-state index contributed by atoms with van der Waals surface area (Å²) in [4.78, 5) is 0. The van der Waals surface area contributed by atoms with Crippen molar-refractivity contribution in [3.8, 4) is 0 Å². The molecule has 0 atom stereocenters. The van der Waals surface area contributed by atoms with Gasteiger partial charge in [-0.2, -0.15) is 0 Å². The Labute approximate surface area is 93.6 Å². The van der Waals surface area contributed by atoms with Crippen molar-refractivity contribution in [2.24, 2.45) is 0 Å². The van der Waals surface area contributed by atoms with Crippen LogP contribution in [0.2, 0.25) is 0 Å². The van der Waals surface area contributed by atoms with E-state index in [0.717, 1.165) is 18.2 Å². The number of alkyl halides is 1. The Hall–Kier alpha value is -0.600. The molecule has 0 aromatic heterocycles. The zero-order valence-corrected chi connectivity index (χ0v) is 9.70. The first-order valence-corrected chi connectivity index (χ1v) is 5.91. The van der Waals surface area contributed by atoms with Gasteiger partial charge in [0.25, 0.3) is 0 Å². The summed E-state index contributed by atoms with van der Waals surface area (Å²) >= 11 is 3.34. The lowest BCUT2D eigenvalue weighted by atomic mass is 10.1. The van der Waals surface area contributed by atoms with Gasteiger partial charge in [-0.3, -0.25) is 0 Å². The topological polar surface area (TPSA) is 20.2 Å². The third kappa shape index (κ3) is 4.07. The van der Waals surface area contributed by atoms with Gasteiger partial charge in [0.1, 0.15) is 0 Å². The Balaban J connectivity index is 2.54. The number of allylic oxidation sites excluding steroid dienone is 1.